The molecule has 152 valence electrons. The van der Waals surface area contributed by atoms with E-state index in [1.807, 2.05) is 6.92 Å². The smallest absolute Gasteiger partial charge is 0.438 e. The quantitative estimate of drug-likeness (QED) is 0.684. The number of hydrogen-bond acceptors (Lipinski definition) is 4. The molecule has 3 rings (SSSR count). The first kappa shape index (κ1) is 20.4. The van der Waals surface area contributed by atoms with Crippen molar-refractivity contribution in [3.63, 3.8) is 0 Å². The Morgan fingerprint density at radius 3 is 2.55 bits per heavy atom. The van der Waals surface area contributed by atoms with E-state index in [2.05, 4.69) is 10.3 Å². The third-order valence-electron chi connectivity index (χ3n) is 4.17. The normalized spacial score (nSPS) is 11.4. The number of nitrogens with zero attached hydrogens (tertiary/aromatic N) is 2. The Labute approximate surface area is 163 Å². The van der Waals surface area contributed by atoms with Crippen LogP contribution >= 0.6 is 0 Å². The third kappa shape index (κ3) is 4.56. The lowest BCUT2D eigenvalue weighted by Gasteiger charge is -2.14. The number of amides is 1. The lowest BCUT2D eigenvalue weighted by molar-refractivity contribution is -0.142. The summed E-state index contributed by atoms with van der Waals surface area (Å²) < 4.78 is 45.8. The Morgan fingerprint density at radius 1 is 1.14 bits per heavy atom. The van der Waals surface area contributed by atoms with Crippen LogP contribution in [-0.4, -0.2) is 22.1 Å². The molecule has 0 saturated carbocycles. The highest BCUT2D eigenvalue weighted by Gasteiger charge is 2.37. The van der Waals surface area contributed by atoms with E-state index in [9.17, 15) is 22.8 Å². The number of carbonyl (C=O) groups is 1. The number of ether oxygens (including phenoxy) is 1. The van der Waals surface area contributed by atoms with Crippen LogP contribution in [0.4, 0.5) is 13.2 Å². The number of carbonyl (C=O) groups excluding carboxylic acids is 1. The molecule has 2 aromatic carbocycles. The Bertz CT molecular complexity index is 1090. The average Bonchev–Trinajstić information content (AvgIpc) is 2.68. The summed E-state index contributed by atoms with van der Waals surface area (Å²) in [6, 6.07) is 13.0. The van der Waals surface area contributed by atoms with Gasteiger partial charge in [-0.05, 0) is 25.1 Å². The van der Waals surface area contributed by atoms with Gasteiger partial charge in [-0.3, -0.25) is 14.2 Å². The van der Waals surface area contributed by atoms with Crippen molar-refractivity contribution in [2.75, 3.05) is 6.61 Å². The molecule has 0 unspecified atom stereocenters. The van der Waals surface area contributed by atoms with Gasteiger partial charge in [0, 0.05) is 12.1 Å². The molecule has 0 spiro atoms. The molecule has 0 atom stereocenters. The molecule has 0 bridgehead atoms. The number of hydrogen-bond donors (Lipinski definition) is 1. The maximum atomic E-state index is 13.2. The fraction of sp³-hybridized carbons (Fsp3) is 0.250. The highest BCUT2D eigenvalue weighted by Crippen LogP contribution is 2.26. The minimum atomic E-state index is -4.92. The maximum Gasteiger partial charge on any atom is 0.438 e. The van der Waals surface area contributed by atoms with Gasteiger partial charge in [-0.1, -0.05) is 30.3 Å². The summed E-state index contributed by atoms with van der Waals surface area (Å²) >= 11 is 0. The van der Waals surface area contributed by atoms with Crippen LogP contribution in [0.15, 0.2) is 53.3 Å². The molecule has 1 heterocycles. The second kappa shape index (κ2) is 8.34. The first-order valence-electron chi connectivity index (χ1n) is 8.85. The molecule has 0 aliphatic heterocycles. The Balaban J connectivity index is 1.87. The fourth-order valence-corrected chi connectivity index (χ4v) is 2.87. The number of fused-ring (bicyclic) bond motifs is 1. The van der Waals surface area contributed by atoms with Gasteiger partial charge in [0.2, 0.25) is 11.6 Å². The number of benzene rings is 2. The van der Waals surface area contributed by atoms with Gasteiger partial charge in [0.05, 0.1) is 17.6 Å². The van der Waals surface area contributed by atoms with E-state index in [1.165, 1.54) is 18.2 Å². The van der Waals surface area contributed by atoms with Crippen molar-refractivity contribution in [1.29, 1.82) is 0 Å². The van der Waals surface area contributed by atoms with E-state index >= 15 is 0 Å². The summed E-state index contributed by atoms with van der Waals surface area (Å²) in [7, 11) is 0. The summed E-state index contributed by atoms with van der Waals surface area (Å²) in [5.74, 6) is -0.0101. The molecule has 0 radical (unpaired) electrons. The van der Waals surface area contributed by atoms with Gasteiger partial charge in [-0.2, -0.15) is 13.2 Å². The van der Waals surface area contributed by atoms with Gasteiger partial charge in [-0.25, -0.2) is 4.98 Å². The number of para-hydroxylation sites is 3. The second-order valence-electron chi connectivity index (χ2n) is 6.16. The zero-order valence-electron chi connectivity index (χ0n) is 15.5. The molecule has 0 aliphatic rings. The number of aromatic nitrogens is 2. The Kier molecular flexibility index (Phi) is 5.86. The van der Waals surface area contributed by atoms with Crippen LogP contribution in [0.3, 0.4) is 0 Å². The van der Waals surface area contributed by atoms with Crippen LogP contribution < -0.4 is 15.6 Å². The van der Waals surface area contributed by atoms with Crippen LogP contribution in [0.5, 0.6) is 5.75 Å². The highest BCUT2D eigenvalue weighted by atomic mass is 19.4. The molecule has 0 fully saturated rings. The van der Waals surface area contributed by atoms with Crippen molar-refractivity contribution in [3.8, 4) is 5.75 Å². The summed E-state index contributed by atoms with van der Waals surface area (Å²) in [5.41, 5.74) is -2.07. The molecule has 0 saturated heterocycles. The predicted octanol–water partition coefficient (Wildman–Crippen LogP) is 3.13. The van der Waals surface area contributed by atoms with Crippen molar-refractivity contribution in [2.24, 2.45) is 0 Å². The standard InChI is InChI=1S/C20H18F3N3O3/c1-2-29-16-10-6-3-7-13(16)11-24-17(27)12-26-15-9-5-4-8-14(15)25-18(19(26)28)20(21,22)23/h3-10H,2,11-12H2,1H3,(H,24,27). The summed E-state index contributed by atoms with van der Waals surface area (Å²) in [6.45, 7) is 1.82. The van der Waals surface area contributed by atoms with E-state index in [4.69, 9.17) is 4.74 Å². The van der Waals surface area contributed by atoms with Crippen LogP contribution in [0.25, 0.3) is 11.0 Å². The van der Waals surface area contributed by atoms with Crippen molar-refractivity contribution < 1.29 is 22.7 Å². The highest BCUT2D eigenvalue weighted by molar-refractivity contribution is 5.80. The lowest BCUT2D eigenvalue weighted by atomic mass is 10.2. The van der Waals surface area contributed by atoms with Crippen molar-refractivity contribution in [2.45, 2.75) is 26.2 Å². The topological polar surface area (TPSA) is 73.2 Å². The van der Waals surface area contributed by atoms with Gasteiger partial charge in [0.1, 0.15) is 12.3 Å². The molecule has 1 amide bonds. The molecular weight excluding hydrogens is 387 g/mol. The van der Waals surface area contributed by atoms with E-state index in [0.717, 1.165) is 4.57 Å². The molecule has 1 N–H and O–H groups in total. The van der Waals surface area contributed by atoms with Crippen molar-refractivity contribution in [3.05, 3.63) is 70.1 Å². The predicted molar refractivity (Wildman–Crippen MR) is 100 cm³/mol. The van der Waals surface area contributed by atoms with Crippen LogP contribution in [0.1, 0.15) is 18.2 Å². The van der Waals surface area contributed by atoms with E-state index < -0.39 is 29.9 Å². The van der Waals surface area contributed by atoms with Gasteiger partial charge in [0.15, 0.2) is 0 Å². The summed E-state index contributed by atoms with van der Waals surface area (Å²) in [4.78, 5) is 28.2. The molecular formula is C20H18F3N3O3. The zero-order chi connectivity index (χ0) is 21.0. The monoisotopic (exact) mass is 405 g/mol. The summed E-state index contributed by atoms with van der Waals surface area (Å²) in [6.07, 6.45) is -4.92. The van der Waals surface area contributed by atoms with Gasteiger partial charge >= 0.3 is 6.18 Å². The third-order valence-corrected chi connectivity index (χ3v) is 4.17. The Hall–Kier alpha value is -3.36. The number of alkyl halides is 3. The molecule has 1 aromatic heterocycles. The number of rotatable bonds is 6. The van der Waals surface area contributed by atoms with Gasteiger partial charge < -0.3 is 10.1 Å². The van der Waals surface area contributed by atoms with E-state index in [1.54, 1.807) is 30.3 Å². The minimum absolute atomic E-state index is 0.0195. The molecule has 6 nitrogen and oxygen atoms in total. The first-order chi connectivity index (χ1) is 13.8. The number of nitrogens with one attached hydrogen (secondary N) is 1. The first-order valence-corrected chi connectivity index (χ1v) is 8.85. The zero-order valence-corrected chi connectivity index (χ0v) is 15.5. The van der Waals surface area contributed by atoms with Crippen molar-refractivity contribution >= 4 is 16.9 Å². The molecule has 3 aromatic rings. The largest absolute Gasteiger partial charge is 0.494 e. The fourth-order valence-electron chi connectivity index (χ4n) is 2.87. The van der Waals surface area contributed by atoms with Crippen LogP contribution in [0, 0.1) is 0 Å². The molecule has 9 heteroatoms. The SMILES string of the molecule is CCOc1ccccc1CNC(=O)Cn1c(=O)c(C(F)(F)F)nc2ccccc21. The minimum Gasteiger partial charge on any atom is -0.494 e. The van der Waals surface area contributed by atoms with Crippen LogP contribution in [0.2, 0.25) is 0 Å². The lowest BCUT2D eigenvalue weighted by Crippen LogP contribution is -2.36. The average molecular weight is 405 g/mol. The van der Waals surface area contributed by atoms with E-state index in [0.29, 0.717) is 17.9 Å². The summed E-state index contributed by atoms with van der Waals surface area (Å²) in [5, 5.41) is 2.62. The number of halogens is 3. The van der Waals surface area contributed by atoms with Gasteiger partial charge in [-0.15, -0.1) is 0 Å². The molecule has 0 aliphatic carbocycles. The van der Waals surface area contributed by atoms with Gasteiger partial charge in [0.25, 0.3) is 5.56 Å². The Morgan fingerprint density at radius 2 is 1.83 bits per heavy atom. The van der Waals surface area contributed by atoms with Crippen LogP contribution in [-0.2, 0) is 24.1 Å². The second-order valence-corrected chi connectivity index (χ2v) is 6.16. The maximum absolute atomic E-state index is 13.2. The van der Waals surface area contributed by atoms with Crippen molar-refractivity contribution in [1.82, 2.24) is 14.9 Å². The molecule has 29 heavy (non-hydrogen) atoms. The van der Waals surface area contributed by atoms with E-state index in [-0.39, 0.29) is 17.6 Å².